The van der Waals surface area contributed by atoms with Crippen LogP contribution < -0.4 is 5.32 Å². The number of hydrogen-bond acceptors (Lipinski definition) is 4. The molecule has 2 atom stereocenters. The first-order valence-corrected chi connectivity index (χ1v) is 19.1. The van der Waals surface area contributed by atoms with Crippen LogP contribution >= 0.6 is 31.9 Å². The number of amides is 1. The van der Waals surface area contributed by atoms with Gasteiger partial charge in [0, 0.05) is 46.2 Å². The van der Waals surface area contributed by atoms with E-state index in [9.17, 15) is 4.79 Å². The molecular weight excluding hydrogens is 724 g/mol. The Bertz CT molecular complexity index is 1460. The molecule has 2 heterocycles. The number of likely N-dealkylation sites (tertiary alicyclic amines) is 2. The molecule has 5 rings (SSSR count). The summed E-state index contributed by atoms with van der Waals surface area (Å²) in [5, 5.41) is 3.56. The van der Waals surface area contributed by atoms with Crippen molar-refractivity contribution in [3.8, 4) is 0 Å². The standard InChI is InChI=1S/C24H28Br2N2O.C17H26N2/c1-18(13-19-7-4-3-5-8-19)17-28(12-10-23-9-6-11-27(23)2)24(29)20-14-21(25)16-22(26)15-20;1-15(13-16-7-4-3-5-8-16)14-18-11-10-17-9-6-12-19(17)2/h3-5,7-8,13-16,23H,6,9-12,17H2,1-2H3;3-5,7-8,13,17-18H,6,9-12,14H2,1-2H3/b18-13+;15-13+. The highest BCUT2D eigenvalue weighted by atomic mass is 79.9. The van der Waals surface area contributed by atoms with Gasteiger partial charge in [0.05, 0.1) is 0 Å². The molecule has 0 aliphatic carbocycles. The Hall–Kier alpha value is -2.55. The van der Waals surface area contributed by atoms with Gasteiger partial charge in [-0.2, -0.15) is 0 Å². The number of rotatable bonds is 13. The Balaban J connectivity index is 0.000000237. The van der Waals surface area contributed by atoms with Crippen molar-refractivity contribution in [3.63, 3.8) is 0 Å². The molecular formula is C41H54Br2N4O. The molecule has 2 fully saturated rings. The van der Waals surface area contributed by atoms with Gasteiger partial charge in [0.2, 0.25) is 0 Å². The topological polar surface area (TPSA) is 38.8 Å². The highest BCUT2D eigenvalue weighted by Crippen LogP contribution is 2.23. The Morgan fingerprint density at radius 3 is 1.83 bits per heavy atom. The van der Waals surface area contributed by atoms with Crippen molar-refractivity contribution in [2.24, 2.45) is 0 Å². The number of benzene rings is 3. The fraction of sp³-hybridized carbons (Fsp3) is 0.439. The van der Waals surface area contributed by atoms with Crippen LogP contribution in [0.15, 0.2) is 99.0 Å². The Labute approximate surface area is 306 Å². The maximum atomic E-state index is 13.4. The zero-order valence-corrected chi connectivity index (χ0v) is 32.5. The van der Waals surface area contributed by atoms with Gasteiger partial charge >= 0.3 is 0 Å². The molecule has 48 heavy (non-hydrogen) atoms. The molecule has 2 saturated heterocycles. The lowest BCUT2D eigenvalue weighted by molar-refractivity contribution is 0.0757. The van der Waals surface area contributed by atoms with Crippen molar-refractivity contribution in [2.45, 2.75) is 64.5 Å². The first-order valence-electron chi connectivity index (χ1n) is 17.5. The number of carbonyl (C=O) groups is 1. The van der Waals surface area contributed by atoms with Gasteiger partial charge in [-0.1, -0.05) is 116 Å². The summed E-state index contributed by atoms with van der Waals surface area (Å²) in [4.78, 5) is 20.3. The lowest BCUT2D eigenvalue weighted by Gasteiger charge is -2.27. The average Bonchev–Trinajstić information content (AvgIpc) is 3.68. The second kappa shape index (κ2) is 20.2. The third-order valence-corrected chi connectivity index (χ3v) is 10.3. The monoisotopic (exact) mass is 776 g/mol. The Morgan fingerprint density at radius 1 is 0.792 bits per heavy atom. The number of carbonyl (C=O) groups excluding carboxylic acids is 1. The molecule has 3 aromatic carbocycles. The normalized spacial score (nSPS) is 18.9. The molecule has 3 aromatic rings. The van der Waals surface area contributed by atoms with Crippen LogP contribution in [0.3, 0.4) is 0 Å². The largest absolute Gasteiger partial charge is 0.335 e. The van der Waals surface area contributed by atoms with E-state index < -0.39 is 0 Å². The summed E-state index contributed by atoms with van der Waals surface area (Å²) in [5.74, 6) is 0.0773. The quantitative estimate of drug-likeness (QED) is 0.176. The van der Waals surface area contributed by atoms with E-state index in [1.165, 1.54) is 55.4 Å². The second-order valence-electron chi connectivity index (χ2n) is 13.5. The van der Waals surface area contributed by atoms with Crippen LogP contribution in [0.2, 0.25) is 0 Å². The van der Waals surface area contributed by atoms with Crippen molar-refractivity contribution in [1.82, 2.24) is 20.0 Å². The van der Waals surface area contributed by atoms with Crippen LogP contribution in [-0.2, 0) is 0 Å². The van der Waals surface area contributed by atoms with E-state index in [0.29, 0.717) is 18.2 Å². The molecule has 0 saturated carbocycles. The van der Waals surface area contributed by atoms with Crippen LogP contribution in [0.4, 0.5) is 0 Å². The van der Waals surface area contributed by atoms with Gasteiger partial charge in [-0.15, -0.1) is 0 Å². The first-order chi connectivity index (χ1) is 23.2. The minimum atomic E-state index is 0.0773. The smallest absolute Gasteiger partial charge is 0.254 e. The molecule has 2 unspecified atom stereocenters. The molecule has 258 valence electrons. The lowest BCUT2D eigenvalue weighted by Crippen LogP contribution is -2.37. The number of hydrogen-bond donors (Lipinski definition) is 1. The van der Waals surface area contributed by atoms with Crippen molar-refractivity contribution in [3.05, 3.63) is 116 Å². The Morgan fingerprint density at radius 2 is 1.31 bits per heavy atom. The van der Waals surface area contributed by atoms with E-state index in [4.69, 9.17) is 0 Å². The van der Waals surface area contributed by atoms with Gasteiger partial charge in [0.15, 0.2) is 0 Å². The molecule has 0 spiro atoms. The van der Waals surface area contributed by atoms with Gasteiger partial charge < -0.3 is 20.0 Å². The molecule has 7 heteroatoms. The molecule has 0 aromatic heterocycles. The molecule has 5 nitrogen and oxygen atoms in total. The highest BCUT2D eigenvalue weighted by Gasteiger charge is 2.24. The molecule has 1 amide bonds. The molecule has 0 bridgehead atoms. The van der Waals surface area contributed by atoms with E-state index in [1.54, 1.807) is 0 Å². The van der Waals surface area contributed by atoms with Crippen LogP contribution in [0, 0.1) is 0 Å². The van der Waals surface area contributed by atoms with E-state index in [2.05, 4.69) is 130 Å². The summed E-state index contributed by atoms with van der Waals surface area (Å²) >= 11 is 7.01. The van der Waals surface area contributed by atoms with Gasteiger partial charge in [-0.3, -0.25) is 4.79 Å². The van der Waals surface area contributed by atoms with Crippen molar-refractivity contribution in [1.29, 1.82) is 0 Å². The van der Waals surface area contributed by atoms with Crippen LogP contribution in [-0.4, -0.2) is 86.1 Å². The maximum Gasteiger partial charge on any atom is 0.254 e. The minimum Gasteiger partial charge on any atom is -0.335 e. The third-order valence-electron chi connectivity index (χ3n) is 9.40. The van der Waals surface area contributed by atoms with Gasteiger partial charge in [0.1, 0.15) is 0 Å². The summed E-state index contributed by atoms with van der Waals surface area (Å²) in [6, 6.07) is 27.9. The molecule has 2 aliphatic rings. The van der Waals surface area contributed by atoms with E-state index >= 15 is 0 Å². The van der Waals surface area contributed by atoms with E-state index in [-0.39, 0.29) is 5.91 Å². The third kappa shape index (κ3) is 13.1. The zero-order valence-electron chi connectivity index (χ0n) is 29.3. The fourth-order valence-electron chi connectivity index (χ4n) is 6.72. The van der Waals surface area contributed by atoms with Gasteiger partial charge in [0.25, 0.3) is 5.91 Å². The fourth-order valence-corrected chi connectivity index (χ4v) is 8.02. The SMILES string of the molecule is C/C(=C\c1ccccc1)CN(CCC1CCCN1C)C(=O)c1cc(Br)cc(Br)c1.C/C(=C\c1ccccc1)CNCCC1CCCN1C. The average molecular weight is 779 g/mol. The van der Waals surface area contributed by atoms with Crippen LogP contribution in [0.5, 0.6) is 0 Å². The van der Waals surface area contributed by atoms with E-state index in [0.717, 1.165) is 53.2 Å². The molecule has 1 N–H and O–H groups in total. The number of nitrogens with one attached hydrogen (secondary N) is 1. The number of halogens is 2. The predicted molar refractivity (Wildman–Crippen MR) is 211 cm³/mol. The second-order valence-corrected chi connectivity index (χ2v) is 15.3. The van der Waals surface area contributed by atoms with E-state index in [1.807, 2.05) is 41.3 Å². The van der Waals surface area contributed by atoms with Gasteiger partial charge in [-0.25, -0.2) is 0 Å². The zero-order chi connectivity index (χ0) is 34.3. The summed E-state index contributed by atoms with van der Waals surface area (Å²) in [6.07, 6.45) is 11.9. The van der Waals surface area contributed by atoms with Crippen molar-refractivity contribution < 1.29 is 4.79 Å². The maximum absolute atomic E-state index is 13.4. The molecule has 0 radical (unpaired) electrons. The number of nitrogens with zero attached hydrogens (tertiary/aromatic N) is 3. The predicted octanol–water partition coefficient (Wildman–Crippen LogP) is 9.41. The lowest BCUT2D eigenvalue weighted by atomic mass is 10.1. The summed E-state index contributed by atoms with van der Waals surface area (Å²) in [6.45, 7) is 10.2. The summed E-state index contributed by atoms with van der Waals surface area (Å²) in [7, 11) is 4.44. The van der Waals surface area contributed by atoms with Crippen LogP contribution in [0.1, 0.15) is 73.9 Å². The van der Waals surface area contributed by atoms with Gasteiger partial charge in [-0.05, 0) is 115 Å². The highest BCUT2D eigenvalue weighted by molar-refractivity contribution is 9.11. The summed E-state index contributed by atoms with van der Waals surface area (Å²) in [5.41, 5.74) is 5.73. The minimum absolute atomic E-state index is 0.0773. The first kappa shape index (κ1) is 38.3. The summed E-state index contributed by atoms with van der Waals surface area (Å²) < 4.78 is 1.81. The van der Waals surface area contributed by atoms with Crippen molar-refractivity contribution >= 4 is 49.9 Å². The molecule has 2 aliphatic heterocycles. The van der Waals surface area contributed by atoms with Crippen LogP contribution in [0.25, 0.3) is 12.2 Å². The van der Waals surface area contributed by atoms with Crippen molar-refractivity contribution in [2.75, 3.05) is 53.4 Å². The Kier molecular flexibility index (Phi) is 16.1.